The van der Waals surface area contributed by atoms with Crippen LogP contribution in [0.15, 0.2) is 22.0 Å². The van der Waals surface area contributed by atoms with Crippen molar-refractivity contribution in [3.63, 3.8) is 0 Å². The minimum absolute atomic E-state index is 0.155. The van der Waals surface area contributed by atoms with Crippen LogP contribution < -0.4 is 5.32 Å². The molecule has 0 aliphatic rings. The fourth-order valence-corrected chi connectivity index (χ4v) is 5.37. The molecule has 0 fully saturated rings. The number of carbonyl (C=O) groups excluding carboxylic acids is 1. The van der Waals surface area contributed by atoms with Crippen molar-refractivity contribution in [3.8, 4) is 17.5 Å². The zero-order valence-corrected chi connectivity index (χ0v) is 18.4. The highest BCUT2D eigenvalue weighted by atomic mass is 32.2. The van der Waals surface area contributed by atoms with Gasteiger partial charge in [-0.05, 0) is 36.8 Å². The van der Waals surface area contributed by atoms with E-state index in [0.29, 0.717) is 10.6 Å². The van der Waals surface area contributed by atoms with Gasteiger partial charge in [0.1, 0.15) is 11.1 Å². The van der Waals surface area contributed by atoms with Crippen molar-refractivity contribution in [2.24, 2.45) is 0 Å². The smallest absolute Gasteiger partial charge is 0.235 e. The van der Waals surface area contributed by atoms with Gasteiger partial charge in [0.05, 0.1) is 11.3 Å². The van der Waals surface area contributed by atoms with Crippen LogP contribution in [0, 0.1) is 18.3 Å². The van der Waals surface area contributed by atoms with Crippen molar-refractivity contribution in [1.82, 2.24) is 14.8 Å². The number of hydrogen-bond acceptors (Lipinski definition) is 7. The molecule has 0 aliphatic heterocycles. The molecule has 3 rings (SSSR count). The Morgan fingerprint density at radius 2 is 2.18 bits per heavy atom. The molecule has 3 heterocycles. The quantitative estimate of drug-likeness (QED) is 0.510. The van der Waals surface area contributed by atoms with Gasteiger partial charge in [-0.2, -0.15) is 5.26 Å². The molecule has 0 aliphatic carbocycles. The highest BCUT2D eigenvalue weighted by molar-refractivity contribution is 7.99. The first-order chi connectivity index (χ1) is 13.6. The van der Waals surface area contributed by atoms with E-state index in [9.17, 15) is 4.79 Å². The number of nitrogens with one attached hydrogen (secondary N) is 1. The van der Waals surface area contributed by atoms with Gasteiger partial charge in [-0.3, -0.25) is 4.79 Å². The molecule has 28 heavy (non-hydrogen) atoms. The van der Waals surface area contributed by atoms with Crippen LogP contribution in [0.4, 0.5) is 5.00 Å². The van der Waals surface area contributed by atoms with Crippen LogP contribution in [-0.4, -0.2) is 26.4 Å². The minimum Gasteiger partial charge on any atom is -0.316 e. The van der Waals surface area contributed by atoms with Crippen LogP contribution in [-0.2, 0) is 17.8 Å². The molecule has 3 aromatic rings. The summed E-state index contributed by atoms with van der Waals surface area (Å²) in [4.78, 5) is 13.6. The normalized spacial score (nSPS) is 10.8. The Labute approximate surface area is 176 Å². The van der Waals surface area contributed by atoms with Gasteiger partial charge in [0.15, 0.2) is 11.0 Å². The first-order valence-corrected chi connectivity index (χ1v) is 11.7. The summed E-state index contributed by atoms with van der Waals surface area (Å²) >= 11 is 4.45. The fourth-order valence-electron chi connectivity index (χ4n) is 2.91. The average Bonchev–Trinajstić information content (AvgIpc) is 3.39. The Kier molecular flexibility index (Phi) is 6.88. The highest BCUT2D eigenvalue weighted by Crippen LogP contribution is 2.33. The largest absolute Gasteiger partial charge is 0.316 e. The maximum atomic E-state index is 12.3. The Morgan fingerprint density at radius 1 is 1.36 bits per heavy atom. The number of nitrogens with zero attached hydrogens (tertiary/aromatic N) is 4. The molecule has 0 atom stereocenters. The predicted molar refractivity (Wildman–Crippen MR) is 116 cm³/mol. The first-order valence-electron chi connectivity index (χ1n) is 8.99. The summed E-state index contributed by atoms with van der Waals surface area (Å²) in [6.07, 6.45) is 1.91. The SMILES string of the molecule is CCCn1c(SCC(=O)Nc2sccc2C#N)nnc1-c1csc(C)c1CC. The number of amides is 1. The summed E-state index contributed by atoms with van der Waals surface area (Å²) in [5.74, 6) is 0.932. The van der Waals surface area contributed by atoms with E-state index in [1.807, 2.05) is 0 Å². The number of thioether (sulfide) groups is 1. The molecule has 0 aromatic carbocycles. The van der Waals surface area contributed by atoms with Crippen LogP contribution in [0.5, 0.6) is 0 Å². The Bertz CT molecular complexity index is 1010. The first kappa shape index (κ1) is 20.6. The maximum absolute atomic E-state index is 12.3. The molecule has 0 saturated carbocycles. The van der Waals surface area contributed by atoms with Crippen LogP contribution in [0.1, 0.15) is 36.3 Å². The van der Waals surface area contributed by atoms with Crippen LogP contribution >= 0.6 is 34.4 Å². The summed E-state index contributed by atoms with van der Waals surface area (Å²) in [7, 11) is 0. The lowest BCUT2D eigenvalue weighted by molar-refractivity contribution is -0.113. The average molecular weight is 432 g/mol. The van der Waals surface area contributed by atoms with Crippen molar-refractivity contribution in [2.45, 2.75) is 45.3 Å². The fraction of sp³-hybridized carbons (Fsp3) is 0.368. The number of aryl methyl sites for hydroxylation is 1. The van der Waals surface area contributed by atoms with Crippen LogP contribution in [0.3, 0.4) is 0 Å². The number of carbonyl (C=O) groups is 1. The van der Waals surface area contributed by atoms with Gasteiger partial charge in [-0.1, -0.05) is 25.6 Å². The number of anilines is 1. The Balaban J connectivity index is 1.76. The Morgan fingerprint density at radius 3 is 2.89 bits per heavy atom. The third-order valence-electron chi connectivity index (χ3n) is 4.23. The summed E-state index contributed by atoms with van der Waals surface area (Å²) in [6.45, 7) is 7.20. The standard InChI is InChI=1S/C19H21N5OS3/c1-4-7-24-17(15-10-27-12(3)14(15)5-2)22-23-19(24)28-11-16(25)21-18-13(9-20)6-8-26-18/h6,8,10H,4-5,7,11H2,1-3H3,(H,21,25). The molecule has 9 heteroatoms. The maximum Gasteiger partial charge on any atom is 0.235 e. The molecule has 0 radical (unpaired) electrons. The van der Waals surface area contributed by atoms with Gasteiger partial charge in [0, 0.05) is 22.4 Å². The Hall–Kier alpha value is -2.15. The van der Waals surface area contributed by atoms with Gasteiger partial charge in [-0.15, -0.1) is 32.9 Å². The zero-order valence-electron chi connectivity index (χ0n) is 16.0. The van der Waals surface area contributed by atoms with E-state index >= 15 is 0 Å². The van der Waals surface area contributed by atoms with E-state index in [1.54, 1.807) is 22.8 Å². The van der Waals surface area contributed by atoms with Gasteiger partial charge in [-0.25, -0.2) is 0 Å². The molecule has 146 valence electrons. The molecule has 6 nitrogen and oxygen atoms in total. The summed E-state index contributed by atoms with van der Waals surface area (Å²) in [6, 6.07) is 3.78. The van der Waals surface area contributed by atoms with Gasteiger partial charge in [0.2, 0.25) is 5.91 Å². The van der Waals surface area contributed by atoms with Crippen molar-refractivity contribution in [1.29, 1.82) is 5.26 Å². The van der Waals surface area contributed by atoms with Crippen molar-refractivity contribution in [2.75, 3.05) is 11.1 Å². The van der Waals surface area contributed by atoms with E-state index in [0.717, 1.165) is 35.9 Å². The van der Waals surface area contributed by atoms with E-state index < -0.39 is 0 Å². The topological polar surface area (TPSA) is 83.6 Å². The zero-order chi connectivity index (χ0) is 20.1. The van der Waals surface area contributed by atoms with Gasteiger partial charge in [0.25, 0.3) is 0 Å². The summed E-state index contributed by atoms with van der Waals surface area (Å²) in [5.41, 5.74) is 2.94. The molecule has 3 aromatic heterocycles. The lowest BCUT2D eigenvalue weighted by atomic mass is 10.1. The third-order valence-corrected chi connectivity index (χ3v) is 6.98. The second-order valence-electron chi connectivity index (χ2n) is 6.11. The van der Waals surface area contributed by atoms with E-state index in [1.165, 1.54) is 33.5 Å². The lowest BCUT2D eigenvalue weighted by Gasteiger charge is -2.09. The van der Waals surface area contributed by atoms with Crippen LogP contribution in [0.25, 0.3) is 11.4 Å². The number of rotatable bonds is 8. The van der Waals surface area contributed by atoms with Crippen molar-refractivity contribution < 1.29 is 4.79 Å². The number of aromatic nitrogens is 3. The molecule has 0 bridgehead atoms. The second kappa shape index (κ2) is 9.37. The summed E-state index contributed by atoms with van der Waals surface area (Å²) in [5, 5.41) is 25.9. The number of nitriles is 1. The minimum atomic E-state index is -0.155. The third kappa shape index (κ3) is 4.29. The van der Waals surface area contributed by atoms with Crippen molar-refractivity contribution >= 4 is 45.3 Å². The van der Waals surface area contributed by atoms with Gasteiger partial charge >= 0.3 is 0 Å². The molecule has 0 spiro atoms. The molecule has 1 amide bonds. The predicted octanol–water partition coefficient (Wildman–Crippen LogP) is 4.95. The monoisotopic (exact) mass is 431 g/mol. The lowest BCUT2D eigenvalue weighted by Crippen LogP contribution is -2.14. The molecule has 0 saturated heterocycles. The molecule has 0 unspecified atom stereocenters. The number of hydrogen-bond donors (Lipinski definition) is 1. The van der Waals surface area contributed by atoms with E-state index in [-0.39, 0.29) is 11.7 Å². The molecule has 1 N–H and O–H groups in total. The van der Waals surface area contributed by atoms with Gasteiger partial charge < -0.3 is 9.88 Å². The van der Waals surface area contributed by atoms with Crippen LogP contribution in [0.2, 0.25) is 0 Å². The molecular weight excluding hydrogens is 410 g/mol. The van der Waals surface area contributed by atoms with E-state index in [2.05, 4.69) is 52.3 Å². The highest BCUT2D eigenvalue weighted by Gasteiger charge is 2.19. The number of thiophene rings is 2. The van der Waals surface area contributed by atoms with Crippen molar-refractivity contribution in [3.05, 3.63) is 32.8 Å². The van der Waals surface area contributed by atoms with E-state index in [4.69, 9.17) is 5.26 Å². The summed E-state index contributed by atoms with van der Waals surface area (Å²) < 4.78 is 2.10. The second-order valence-corrected chi connectivity index (χ2v) is 9.05. The molecular formula is C19H21N5OS3.